The zero-order chi connectivity index (χ0) is 13.1. The van der Waals surface area contributed by atoms with E-state index in [9.17, 15) is 9.90 Å². The Kier molecular flexibility index (Phi) is 4.24. The summed E-state index contributed by atoms with van der Waals surface area (Å²) in [5.74, 6) is 0.262. The number of amides is 1. The summed E-state index contributed by atoms with van der Waals surface area (Å²) in [6.45, 7) is 0.544. The van der Waals surface area contributed by atoms with Gasteiger partial charge in [0.2, 0.25) is 5.91 Å². The number of rotatable bonds is 3. The molecule has 4 nitrogen and oxygen atoms in total. The molecule has 98 valence electrons. The second-order valence-corrected chi connectivity index (χ2v) is 5.60. The molecule has 1 aromatic carbocycles. The van der Waals surface area contributed by atoms with Gasteiger partial charge in [0.05, 0.1) is 5.69 Å². The summed E-state index contributed by atoms with van der Waals surface area (Å²) in [7, 11) is 0. The molecule has 1 aromatic rings. The van der Waals surface area contributed by atoms with Crippen LogP contribution in [-0.2, 0) is 4.79 Å². The zero-order valence-corrected chi connectivity index (χ0v) is 11.6. The standard InChI is InChI=1S/C13H17BrN2O2/c14-9-4-5-12(17)11(6-9)16-13(18)10-3-1-2-8(10)7-15/h4-6,8,10,17H,1-3,7,15H2,(H,16,18)/t8-,10-/m1/s1. The van der Waals surface area contributed by atoms with E-state index in [4.69, 9.17) is 5.73 Å². The molecule has 18 heavy (non-hydrogen) atoms. The van der Waals surface area contributed by atoms with Crippen LogP contribution >= 0.6 is 15.9 Å². The minimum absolute atomic E-state index is 0.0339. The first-order valence-electron chi connectivity index (χ1n) is 6.11. The number of hydrogen-bond donors (Lipinski definition) is 3. The predicted molar refractivity (Wildman–Crippen MR) is 74.3 cm³/mol. The SMILES string of the molecule is NC[C@H]1CCC[C@H]1C(=O)Nc1cc(Br)ccc1O. The number of hydrogen-bond acceptors (Lipinski definition) is 3. The quantitative estimate of drug-likeness (QED) is 0.750. The Hall–Kier alpha value is -1.07. The minimum atomic E-state index is -0.0450. The lowest BCUT2D eigenvalue weighted by Crippen LogP contribution is -2.29. The van der Waals surface area contributed by atoms with Crippen LogP contribution in [0, 0.1) is 11.8 Å². The van der Waals surface area contributed by atoms with Crippen molar-refractivity contribution < 1.29 is 9.90 Å². The molecule has 1 aliphatic rings. The van der Waals surface area contributed by atoms with Crippen LogP contribution in [0.3, 0.4) is 0 Å². The van der Waals surface area contributed by atoms with Gasteiger partial charge in [-0.05, 0) is 43.5 Å². The minimum Gasteiger partial charge on any atom is -0.506 e. The Morgan fingerprint density at radius 2 is 2.28 bits per heavy atom. The van der Waals surface area contributed by atoms with Crippen molar-refractivity contribution in [1.82, 2.24) is 0 Å². The number of benzene rings is 1. The van der Waals surface area contributed by atoms with E-state index in [0.29, 0.717) is 12.2 Å². The predicted octanol–water partition coefficient (Wildman–Crippen LogP) is 2.47. The normalized spacial score (nSPS) is 23.0. The van der Waals surface area contributed by atoms with E-state index in [1.807, 2.05) is 0 Å². The molecular formula is C13H17BrN2O2. The van der Waals surface area contributed by atoms with Gasteiger partial charge < -0.3 is 16.2 Å². The van der Waals surface area contributed by atoms with Gasteiger partial charge in [-0.1, -0.05) is 22.4 Å². The van der Waals surface area contributed by atoms with Gasteiger partial charge in [0.25, 0.3) is 0 Å². The molecule has 0 radical (unpaired) electrons. The van der Waals surface area contributed by atoms with E-state index >= 15 is 0 Å². The maximum absolute atomic E-state index is 12.2. The third kappa shape index (κ3) is 2.84. The molecule has 0 spiro atoms. The van der Waals surface area contributed by atoms with Gasteiger partial charge in [0.1, 0.15) is 5.75 Å². The maximum atomic E-state index is 12.2. The van der Waals surface area contributed by atoms with E-state index in [-0.39, 0.29) is 23.5 Å². The van der Waals surface area contributed by atoms with Crippen LogP contribution in [0.5, 0.6) is 5.75 Å². The van der Waals surface area contributed by atoms with E-state index in [2.05, 4.69) is 21.2 Å². The Morgan fingerprint density at radius 1 is 1.50 bits per heavy atom. The molecular weight excluding hydrogens is 296 g/mol. The molecule has 5 heteroatoms. The Bertz CT molecular complexity index is 451. The molecule has 1 amide bonds. The van der Waals surface area contributed by atoms with Gasteiger partial charge in [0.15, 0.2) is 0 Å². The fourth-order valence-corrected chi connectivity index (χ4v) is 2.86. The average molecular weight is 313 g/mol. The van der Waals surface area contributed by atoms with Crippen molar-refractivity contribution in [3.63, 3.8) is 0 Å². The molecule has 1 aliphatic carbocycles. The van der Waals surface area contributed by atoms with Gasteiger partial charge in [-0.3, -0.25) is 4.79 Å². The van der Waals surface area contributed by atoms with Crippen molar-refractivity contribution in [1.29, 1.82) is 0 Å². The number of nitrogens with one attached hydrogen (secondary N) is 1. The average Bonchev–Trinajstić information content (AvgIpc) is 2.82. The monoisotopic (exact) mass is 312 g/mol. The number of aromatic hydroxyl groups is 1. The summed E-state index contributed by atoms with van der Waals surface area (Å²) in [4.78, 5) is 12.2. The Balaban J connectivity index is 2.09. The summed E-state index contributed by atoms with van der Waals surface area (Å²) in [6, 6.07) is 4.97. The highest BCUT2D eigenvalue weighted by atomic mass is 79.9. The fraction of sp³-hybridized carbons (Fsp3) is 0.462. The number of carbonyl (C=O) groups is 1. The van der Waals surface area contributed by atoms with Crippen LogP contribution in [0.1, 0.15) is 19.3 Å². The van der Waals surface area contributed by atoms with E-state index in [1.165, 1.54) is 0 Å². The molecule has 1 fully saturated rings. The van der Waals surface area contributed by atoms with Crippen molar-refractivity contribution in [2.45, 2.75) is 19.3 Å². The molecule has 2 rings (SSSR count). The number of nitrogens with two attached hydrogens (primary N) is 1. The number of anilines is 1. The summed E-state index contributed by atoms with van der Waals surface area (Å²) in [5, 5.41) is 12.5. The topological polar surface area (TPSA) is 75.4 Å². The number of halogens is 1. The molecule has 4 N–H and O–H groups in total. The second kappa shape index (κ2) is 5.71. The molecule has 1 saturated carbocycles. The van der Waals surface area contributed by atoms with Crippen LogP contribution in [0.25, 0.3) is 0 Å². The third-order valence-corrected chi connectivity index (χ3v) is 4.01. The number of phenols is 1. The smallest absolute Gasteiger partial charge is 0.227 e. The second-order valence-electron chi connectivity index (χ2n) is 4.68. The first kappa shape index (κ1) is 13.4. The third-order valence-electron chi connectivity index (χ3n) is 3.52. The van der Waals surface area contributed by atoms with Gasteiger partial charge in [-0.25, -0.2) is 0 Å². The lowest BCUT2D eigenvalue weighted by atomic mass is 9.95. The van der Waals surface area contributed by atoms with Crippen molar-refractivity contribution in [2.24, 2.45) is 17.6 Å². The summed E-state index contributed by atoms with van der Waals surface area (Å²) in [5.41, 5.74) is 6.11. The molecule has 0 heterocycles. The van der Waals surface area contributed by atoms with Crippen LogP contribution < -0.4 is 11.1 Å². The number of phenolic OH excluding ortho intramolecular Hbond substituents is 1. The van der Waals surface area contributed by atoms with Crippen molar-refractivity contribution in [3.05, 3.63) is 22.7 Å². The van der Waals surface area contributed by atoms with Crippen molar-refractivity contribution in [3.8, 4) is 5.75 Å². The van der Waals surface area contributed by atoms with Crippen LogP contribution in [0.2, 0.25) is 0 Å². The van der Waals surface area contributed by atoms with Crippen LogP contribution in [-0.4, -0.2) is 17.6 Å². The summed E-state index contributed by atoms with van der Waals surface area (Å²) >= 11 is 3.31. The number of carbonyl (C=O) groups excluding carboxylic acids is 1. The molecule has 0 bridgehead atoms. The zero-order valence-electron chi connectivity index (χ0n) is 10.0. The van der Waals surface area contributed by atoms with E-state index in [1.54, 1.807) is 18.2 Å². The first-order chi connectivity index (χ1) is 8.61. The van der Waals surface area contributed by atoms with Gasteiger partial charge in [-0.15, -0.1) is 0 Å². The van der Waals surface area contributed by atoms with Gasteiger partial charge in [0, 0.05) is 10.4 Å². The highest BCUT2D eigenvalue weighted by molar-refractivity contribution is 9.10. The molecule has 0 aliphatic heterocycles. The highest BCUT2D eigenvalue weighted by Gasteiger charge is 2.32. The maximum Gasteiger partial charge on any atom is 0.227 e. The Labute approximate surface area is 115 Å². The van der Waals surface area contributed by atoms with E-state index in [0.717, 1.165) is 23.7 Å². The van der Waals surface area contributed by atoms with Crippen LogP contribution in [0.15, 0.2) is 22.7 Å². The highest BCUT2D eigenvalue weighted by Crippen LogP contribution is 2.33. The lowest BCUT2D eigenvalue weighted by molar-refractivity contribution is -0.120. The molecule has 2 atom stereocenters. The van der Waals surface area contributed by atoms with E-state index < -0.39 is 0 Å². The molecule has 0 saturated heterocycles. The first-order valence-corrected chi connectivity index (χ1v) is 6.90. The lowest BCUT2D eigenvalue weighted by Gasteiger charge is -2.17. The summed E-state index contributed by atoms with van der Waals surface area (Å²) < 4.78 is 0.817. The van der Waals surface area contributed by atoms with Crippen molar-refractivity contribution in [2.75, 3.05) is 11.9 Å². The van der Waals surface area contributed by atoms with Crippen molar-refractivity contribution >= 4 is 27.5 Å². The summed E-state index contributed by atoms with van der Waals surface area (Å²) in [6.07, 6.45) is 2.94. The molecule has 0 unspecified atom stereocenters. The fourth-order valence-electron chi connectivity index (χ4n) is 2.50. The van der Waals surface area contributed by atoms with Gasteiger partial charge in [-0.2, -0.15) is 0 Å². The molecule has 0 aromatic heterocycles. The largest absolute Gasteiger partial charge is 0.506 e. The van der Waals surface area contributed by atoms with Crippen LogP contribution in [0.4, 0.5) is 5.69 Å². The Morgan fingerprint density at radius 3 is 3.00 bits per heavy atom. The van der Waals surface area contributed by atoms with Gasteiger partial charge >= 0.3 is 0 Å².